The third kappa shape index (κ3) is 4.46. The van der Waals surface area contributed by atoms with Crippen LogP contribution in [0.2, 0.25) is 0 Å². The Bertz CT molecular complexity index is 854. The normalized spacial score (nSPS) is 24.1. The fourth-order valence-electron chi connectivity index (χ4n) is 4.98. The number of carboxylic acids is 1. The van der Waals surface area contributed by atoms with Crippen molar-refractivity contribution in [2.24, 2.45) is 11.8 Å². The predicted molar refractivity (Wildman–Crippen MR) is 117 cm³/mol. The van der Waals surface area contributed by atoms with Gasteiger partial charge in [-0.3, -0.25) is 14.4 Å². The average Bonchev–Trinajstić information content (AvgIpc) is 3.12. The standard InChI is InChI=1S/C23H30N2O4S/c26-20(15-10-4-5-11-16(15)23(28)29)25-22-19(17-12-6-7-13-18(17)30-22)21(27)24-14-8-2-1-3-9-14/h4-5,14-16H,1-3,6-13H2,(H,24,27)(H,25,26)(H,28,29)/t15-,16-/m0/s1. The van der Waals surface area contributed by atoms with E-state index in [-0.39, 0.29) is 17.9 Å². The van der Waals surface area contributed by atoms with Crippen LogP contribution in [0.5, 0.6) is 0 Å². The lowest BCUT2D eigenvalue weighted by molar-refractivity contribution is -0.146. The van der Waals surface area contributed by atoms with E-state index < -0.39 is 17.8 Å². The van der Waals surface area contributed by atoms with Crippen molar-refractivity contribution in [3.05, 3.63) is 28.2 Å². The van der Waals surface area contributed by atoms with E-state index in [9.17, 15) is 19.5 Å². The van der Waals surface area contributed by atoms with E-state index >= 15 is 0 Å². The van der Waals surface area contributed by atoms with Crippen LogP contribution in [0.1, 0.15) is 78.6 Å². The number of aryl methyl sites for hydroxylation is 1. The summed E-state index contributed by atoms with van der Waals surface area (Å²) in [5.41, 5.74) is 1.69. The van der Waals surface area contributed by atoms with Crippen LogP contribution < -0.4 is 10.6 Å². The van der Waals surface area contributed by atoms with Crippen molar-refractivity contribution in [1.82, 2.24) is 5.32 Å². The number of amides is 2. The van der Waals surface area contributed by atoms with Gasteiger partial charge in [-0.25, -0.2) is 0 Å². The number of anilines is 1. The zero-order valence-electron chi connectivity index (χ0n) is 17.2. The first-order chi connectivity index (χ1) is 14.5. The Balaban J connectivity index is 1.57. The number of allylic oxidation sites excluding steroid dienone is 2. The van der Waals surface area contributed by atoms with Gasteiger partial charge in [0.15, 0.2) is 0 Å². The summed E-state index contributed by atoms with van der Waals surface area (Å²) in [5, 5.41) is 16.3. The molecule has 2 amide bonds. The molecule has 0 spiro atoms. The lowest BCUT2D eigenvalue weighted by atomic mass is 9.82. The van der Waals surface area contributed by atoms with E-state index in [0.717, 1.165) is 56.9 Å². The quantitative estimate of drug-likeness (QED) is 0.607. The van der Waals surface area contributed by atoms with Gasteiger partial charge in [0.05, 0.1) is 17.4 Å². The van der Waals surface area contributed by atoms with Crippen LogP contribution in [0, 0.1) is 11.8 Å². The van der Waals surface area contributed by atoms with Gasteiger partial charge in [-0.2, -0.15) is 0 Å². The van der Waals surface area contributed by atoms with Gasteiger partial charge in [-0.05, 0) is 56.9 Å². The summed E-state index contributed by atoms with van der Waals surface area (Å²) >= 11 is 1.50. The molecular formula is C23H30N2O4S. The number of fused-ring (bicyclic) bond motifs is 1. The molecule has 1 saturated carbocycles. The van der Waals surface area contributed by atoms with Crippen molar-refractivity contribution >= 4 is 34.1 Å². The van der Waals surface area contributed by atoms with E-state index in [0.29, 0.717) is 23.4 Å². The second-order valence-corrected chi connectivity index (χ2v) is 9.81. The molecule has 6 nitrogen and oxygen atoms in total. The lowest BCUT2D eigenvalue weighted by Gasteiger charge is -2.25. The molecule has 3 aliphatic carbocycles. The minimum atomic E-state index is -0.944. The fraction of sp³-hybridized carbons (Fsp3) is 0.609. The number of rotatable bonds is 5. The van der Waals surface area contributed by atoms with Gasteiger partial charge < -0.3 is 15.7 Å². The van der Waals surface area contributed by atoms with E-state index in [1.807, 2.05) is 12.2 Å². The summed E-state index contributed by atoms with van der Waals surface area (Å²) in [6, 6.07) is 0.203. The molecule has 1 aromatic heterocycles. The molecule has 0 aliphatic heterocycles. The van der Waals surface area contributed by atoms with Crippen LogP contribution in [-0.4, -0.2) is 28.9 Å². The van der Waals surface area contributed by atoms with Crippen LogP contribution in [0.3, 0.4) is 0 Å². The number of hydrogen-bond acceptors (Lipinski definition) is 4. The molecule has 7 heteroatoms. The Morgan fingerprint density at radius 2 is 1.63 bits per heavy atom. The zero-order valence-corrected chi connectivity index (χ0v) is 18.1. The first-order valence-electron chi connectivity index (χ1n) is 11.2. The van der Waals surface area contributed by atoms with Gasteiger partial charge in [0.1, 0.15) is 5.00 Å². The van der Waals surface area contributed by atoms with Crippen LogP contribution in [-0.2, 0) is 22.4 Å². The summed E-state index contributed by atoms with van der Waals surface area (Å²) in [4.78, 5) is 39.0. The Hall–Kier alpha value is -2.15. The molecule has 0 unspecified atom stereocenters. The Labute approximate surface area is 181 Å². The van der Waals surface area contributed by atoms with Gasteiger partial charge in [-0.1, -0.05) is 31.4 Å². The van der Waals surface area contributed by atoms with Crippen LogP contribution >= 0.6 is 11.3 Å². The maximum absolute atomic E-state index is 13.2. The van der Waals surface area contributed by atoms with Crippen molar-refractivity contribution in [3.63, 3.8) is 0 Å². The minimum absolute atomic E-state index is 0.0880. The van der Waals surface area contributed by atoms with Crippen molar-refractivity contribution in [2.75, 3.05) is 5.32 Å². The number of carbonyl (C=O) groups excluding carboxylic acids is 2. The highest BCUT2D eigenvalue weighted by Crippen LogP contribution is 2.39. The average molecular weight is 431 g/mol. The molecule has 0 saturated heterocycles. The highest BCUT2D eigenvalue weighted by Gasteiger charge is 2.35. The molecule has 4 rings (SSSR count). The smallest absolute Gasteiger partial charge is 0.307 e. The third-order valence-corrected chi connectivity index (χ3v) is 7.87. The first kappa shape index (κ1) is 21.1. The van der Waals surface area contributed by atoms with Crippen molar-refractivity contribution in [1.29, 1.82) is 0 Å². The zero-order chi connectivity index (χ0) is 21.1. The van der Waals surface area contributed by atoms with Crippen LogP contribution in [0.25, 0.3) is 0 Å². The van der Waals surface area contributed by atoms with Gasteiger partial charge in [0.25, 0.3) is 5.91 Å². The highest BCUT2D eigenvalue weighted by molar-refractivity contribution is 7.17. The summed E-state index contributed by atoms with van der Waals surface area (Å²) in [7, 11) is 0. The second kappa shape index (κ2) is 9.33. The third-order valence-electron chi connectivity index (χ3n) is 6.66. The van der Waals surface area contributed by atoms with E-state index in [2.05, 4.69) is 10.6 Å². The molecule has 0 aromatic carbocycles. The molecule has 3 aliphatic rings. The molecule has 1 fully saturated rings. The topological polar surface area (TPSA) is 95.5 Å². The van der Waals surface area contributed by atoms with Gasteiger partial charge >= 0.3 is 5.97 Å². The number of hydrogen-bond donors (Lipinski definition) is 3. The summed E-state index contributed by atoms with van der Waals surface area (Å²) in [6.45, 7) is 0. The summed E-state index contributed by atoms with van der Waals surface area (Å²) < 4.78 is 0. The summed E-state index contributed by atoms with van der Waals surface area (Å²) in [6.07, 6.45) is 13.9. The Morgan fingerprint density at radius 1 is 0.933 bits per heavy atom. The van der Waals surface area contributed by atoms with Crippen molar-refractivity contribution in [2.45, 2.75) is 76.7 Å². The Kier molecular flexibility index (Phi) is 6.56. The molecule has 2 atom stereocenters. The SMILES string of the molecule is O=C(NC1CCCCC1)c1c(NC(=O)[C@H]2CC=CC[C@@H]2C(=O)O)sc2c1CCCC2. The van der Waals surface area contributed by atoms with Gasteiger partial charge in [0.2, 0.25) is 5.91 Å². The molecule has 30 heavy (non-hydrogen) atoms. The number of thiophene rings is 1. The maximum Gasteiger partial charge on any atom is 0.307 e. The second-order valence-electron chi connectivity index (χ2n) is 8.71. The Morgan fingerprint density at radius 3 is 2.37 bits per heavy atom. The van der Waals surface area contributed by atoms with E-state index in [4.69, 9.17) is 0 Å². The van der Waals surface area contributed by atoms with E-state index in [1.165, 1.54) is 22.6 Å². The molecule has 3 N–H and O–H groups in total. The predicted octanol–water partition coefficient (Wildman–Crippen LogP) is 4.29. The molecule has 162 valence electrons. The highest BCUT2D eigenvalue weighted by atomic mass is 32.1. The summed E-state index contributed by atoms with van der Waals surface area (Å²) in [5.74, 6) is -2.66. The van der Waals surface area contributed by atoms with Gasteiger partial charge in [0, 0.05) is 10.9 Å². The number of aliphatic carboxylic acids is 1. The minimum Gasteiger partial charge on any atom is -0.481 e. The van der Waals surface area contributed by atoms with Crippen LogP contribution in [0.15, 0.2) is 12.2 Å². The molecule has 1 aromatic rings. The van der Waals surface area contributed by atoms with Crippen molar-refractivity contribution < 1.29 is 19.5 Å². The molecule has 0 radical (unpaired) electrons. The van der Waals surface area contributed by atoms with Crippen molar-refractivity contribution in [3.8, 4) is 0 Å². The van der Waals surface area contributed by atoms with Gasteiger partial charge in [-0.15, -0.1) is 11.3 Å². The molecular weight excluding hydrogens is 400 g/mol. The largest absolute Gasteiger partial charge is 0.481 e. The first-order valence-corrected chi connectivity index (χ1v) is 12.0. The number of nitrogens with one attached hydrogen (secondary N) is 2. The monoisotopic (exact) mass is 430 g/mol. The molecule has 1 heterocycles. The lowest BCUT2D eigenvalue weighted by Crippen LogP contribution is -2.37. The van der Waals surface area contributed by atoms with Crippen LogP contribution in [0.4, 0.5) is 5.00 Å². The molecule has 0 bridgehead atoms. The number of carbonyl (C=O) groups is 3. The number of carboxylic acid groups (broad SMARTS) is 1. The van der Waals surface area contributed by atoms with E-state index in [1.54, 1.807) is 0 Å². The maximum atomic E-state index is 13.2. The fourth-order valence-corrected chi connectivity index (χ4v) is 6.27.